The van der Waals surface area contributed by atoms with E-state index in [0.29, 0.717) is 6.54 Å². The molecule has 21 heavy (non-hydrogen) atoms. The second-order valence-corrected chi connectivity index (χ2v) is 6.13. The van der Waals surface area contributed by atoms with Gasteiger partial charge in [-0.2, -0.15) is 0 Å². The van der Waals surface area contributed by atoms with Crippen LogP contribution in [0.4, 0.5) is 0 Å². The number of nitrogens with one attached hydrogen (secondary N) is 1. The molecule has 0 aromatic carbocycles. The molecule has 2 aliphatic heterocycles. The fourth-order valence-corrected chi connectivity index (χ4v) is 3.41. The molecule has 1 fully saturated rings. The van der Waals surface area contributed by atoms with Gasteiger partial charge in [0.25, 0.3) is 0 Å². The number of aromatic nitrogens is 2. The van der Waals surface area contributed by atoms with Gasteiger partial charge >= 0.3 is 0 Å². The van der Waals surface area contributed by atoms with Crippen LogP contribution in [0.25, 0.3) is 0 Å². The summed E-state index contributed by atoms with van der Waals surface area (Å²) in [5.74, 6) is 1.36. The van der Waals surface area contributed by atoms with Gasteiger partial charge in [-0.15, -0.1) is 0 Å². The molecule has 0 bridgehead atoms. The van der Waals surface area contributed by atoms with Gasteiger partial charge < -0.3 is 14.8 Å². The number of hydrogen-bond acceptors (Lipinski definition) is 3. The van der Waals surface area contributed by atoms with E-state index in [-0.39, 0.29) is 5.91 Å². The largest absolute Gasteiger partial charge is 0.341 e. The predicted molar refractivity (Wildman–Crippen MR) is 82.1 cm³/mol. The van der Waals surface area contributed by atoms with E-state index in [9.17, 15) is 4.79 Å². The third-order valence-electron chi connectivity index (χ3n) is 4.54. The Morgan fingerprint density at radius 1 is 1.29 bits per heavy atom. The molecule has 0 radical (unpaired) electrons. The van der Waals surface area contributed by atoms with Crippen LogP contribution in [-0.2, 0) is 30.7 Å². The number of likely N-dealkylation sites (tertiary alicyclic amines) is 1. The molecule has 0 spiro atoms. The number of piperidine rings is 1. The lowest BCUT2D eigenvalue weighted by atomic mass is 10.1. The highest BCUT2D eigenvalue weighted by atomic mass is 16.2. The molecule has 3 heterocycles. The maximum absolute atomic E-state index is 12.6. The molecular weight excluding hydrogens is 264 g/mol. The molecule has 0 atom stereocenters. The molecular formula is C16H26N4O. The number of rotatable bonds is 4. The third kappa shape index (κ3) is 3.12. The standard InChI is InChI=1S/C16H26N4O/c1-2-6-15-18-13-11-17-8-7-14(13)20(15)12-16(21)19-9-4-3-5-10-19/h17H,2-12H2,1H3. The Morgan fingerprint density at radius 3 is 2.86 bits per heavy atom. The summed E-state index contributed by atoms with van der Waals surface area (Å²) in [6.07, 6.45) is 6.58. The van der Waals surface area contributed by atoms with Crippen molar-refractivity contribution >= 4 is 5.91 Å². The first-order chi connectivity index (χ1) is 10.3. The van der Waals surface area contributed by atoms with Crippen molar-refractivity contribution in [3.63, 3.8) is 0 Å². The molecule has 2 aliphatic rings. The zero-order chi connectivity index (χ0) is 14.7. The van der Waals surface area contributed by atoms with E-state index in [0.717, 1.165) is 69.8 Å². The quantitative estimate of drug-likeness (QED) is 0.914. The van der Waals surface area contributed by atoms with Crippen molar-refractivity contribution in [1.29, 1.82) is 0 Å². The highest BCUT2D eigenvalue weighted by Gasteiger charge is 2.23. The molecule has 5 heteroatoms. The summed E-state index contributed by atoms with van der Waals surface area (Å²) in [6, 6.07) is 0. The molecule has 0 saturated carbocycles. The highest BCUT2D eigenvalue weighted by Crippen LogP contribution is 2.18. The fraction of sp³-hybridized carbons (Fsp3) is 0.750. The topological polar surface area (TPSA) is 50.2 Å². The van der Waals surface area contributed by atoms with Gasteiger partial charge in [0.2, 0.25) is 5.91 Å². The minimum atomic E-state index is 0.269. The van der Waals surface area contributed by atoms with Gasteiger partial charge in [0.15, 0.2) is 0 Å². The summed E-state index contributed by atoms with van der Waals surface area (Å²) in [5, 5.41) is 3.37. The van der Waals surface area contributed by atoms with E-state index < -0.39 is 0 Å². The van der Waals surface area contributed by atoms with E-state index in [1.807, 2.05) is 4.90 Å². The fourth-order valence-electron chi connectivity index (χ4n) is 3.41. The van der Waals surface area contributed by atoms with E-state index in [2.05, 4.69) is 16.8 Å². The molecule has 3 rings (SSSR count). The van der Waals surface area contributed by atoms with Crippen LogP contribution in [0.1, 0.15) is 49.8 Å². The number of carbonyl (C=O) groups excluding carboxylic acids is 1. The van der Waals surface area contributed by atoms with Crippen LogP contribution < -0.4 is 5.32 Å². The van der Waals surface area contributed by atoms with E-state index in [4.69, 9.17) is 4.98 Å². The average molecular weight is 290 g/mol. The Kier molecular flexibility index (Phi) is 4.58. The molecule has 1 amide bonds. The lowest BCUT2D eigenvalue weighted by molar-refractivity contribution is -0.132. The second-order valence-electron chi connectivity index (χ2n) is 6.13. The first kappa shape index (κ1) is 14.6. The SMILES string of the molecule is CCCc1nc2c(n1CC(=O)N1CCCCC1)CCNC2. The van der Waals surface area contributed by atoms with Crippen molar-refractivity contribution in [2.24, 2.45) is 0 Å². The third-order valence-corrected chi connectivity index (χ3v) is 4.54. The van der Waals surface area contributed by atoms with Crippen molar-refractivity contribution in [2.45, 2.75) is 58.5 Å². The monoisotopic (exact) mass is 290 g/mol. The molecule has 1 saturated heterocycles. The van der Waals surface area contributed by atoms with Crippen LogP contribution >= 0.6 is 0 Å². The van der Waals surface area contributed by atoms with Gasteiger partial charge in [0, 0.05) is 44.7 Å². The Hall–Kier alpha value is -1.36. The van der Waals surface area contributed by atoms with Crippen LogP contribution in [0.15, 0.2) is 0 Å². The first-order valence-corrected chi connectivity index (χ1v) is 8.35. The molecule has 1 aromatic heterocycles. The Labute approximate surface area is 126 Å². The van der Waals surface area contributed by atoms with E-state index in [1.54, 1.807) is 0 Å². The minimum Gasteiger partial charge on any atom is -0.341 e. The number of fused-ring (bicyclic) bond motifs is 1. The van der Waals surface area contributed by atoms with E-state index >= 15 is 0 Å². The van der Waals surface area contributed by atoms with Crippen molar-refractivity contribution in [3.8, 4) is 0 Å². The number of amides is 1. The van der Waals surface area contributed by atoms with Crippen molar-refractivity contribution < 1.29 is 4.79 Å². The minimum absolute atomic E-state index is 0.269. The molecule has 1 aromatic rings. The van der Waals surface area contributed by atoms with Crippen molar-refractivity contribution in [2.75, 3.05) is 19.6 Å². The zero-order valence-corrected chi connectivity index (χ0v) is 13.0. The summed E-state index contributed by atoms with van der Waals surface area (Å²) in [7, 11) is 0. The van der Waals surface area contributed by atoms with Gasteiger partial charge in [-0.25, -0.2) is 4.98 Å². The number of imidazole rings is 1. The van der Waals surface area contributed by atoms with Gasteiger partial charge in [0.1, 0.15) is 12.4 Å². The maximum atomic E-state index is 12.6. The van der Waals surface area contributed by atoms with Crippen LogP contribution in [-0.4, -0.2) is 40.0 Å². The lowest BCUT2D eigenvalue weighted by Gasteiger charge is -2.27. The maximum Gasteiger partial charge on any atom is 0.242 e. The van der Waals surface area contributed by atoms with Crippen LogP contribution in [0.2, 0.25) is 0 Å². The summed E-state index contributed by atoms with van der Waals surface area (Å²) >= 11 is 0. The normalized spacial score (nSPS) is 18.6. The van der Waals surface area contributed by atoms with Gasteiger partial charge in [-0.1, -0.05) is 6.92 Å². The summed E-state index contributed by atoms with van der Waals surface area (Å²) in [5.41, 5.74) is 2.43. The molecule has 116 valence electrons. The first-order valence-electron chi connectivity index (χ1n) is 8.35. The van der Waals surface area contributed by atoms with Crippen LogP contribution in [0.5, 0.6) is 0 Å². The van der Waals surface area contributed by atoms with Crippen molar-refractivity contribution in [3.05, 3.63) is 17.2 Å². The Balaban J connectivity index is 1.79. The summed E-state index contributed by atoms with van der Waals surface area (Å²) < 4.78 is 2.20. The van der Waals surface area contributed by atoms with Crippen LogP contribution in [0.3, 0.4) is 0 Å². The van der Waals surface area contributed by atoms with Gasteiger partial charge in [-0.3, -0.25) is 4.79 Å². The summed E-state index contributed by atoms with van der Waals surface area (Å²) in [4.78, 5) is 19.4. The van der Waals surface area contributed by atoms with Crippen molar-refractivity contribution in [1.82, 2.24) is 19.8 Å². The molecule has 0 unspecified atom stereocenters. The average Bonchev–Trinajstić information content (AvgIpc) is 2.86. The molecule has 5 nitrogen and oxygen atoms in total. The smallest absolute Gasteiger partial charge is 0.242 e. The molecule has 1 N–H and O–H groups in total. The predicted octanol–water partition coefficient (Wildman–Crippen LogP) is 1.49. The zero-order valence-electron chi connectivity index (χ0n) is 13.0. The lowest BCUT2D eigenvalue weighted by Crippen LogP contribution is -2.38. The second kappa shape index (κ2) is 6.60. The van der Waals surface area contributed by atoms with E-state index in [1.165, 1.54) is 12.1 Å². The number of nitrogens with zero attached hydrogens (tertiary/aromatic N) is 3. The van der Waals surface area contributed by atoms with Gasteiger partial charge in [0.05, 0.1) is 5.69 Å². The number of hydrogen-bond donors (Lipinski definition) is 1. The highest BCUT2D eigenvalue weighted by molar-refractivity contribution is 5.76. The van der Waals surface area contributed by atoms with Gasteiger partial charge in [-0.05, 0) is 25.7 Å². The van der Waals surface area contributed by atoms with Crippen LogP contribution in [0, 0.1) is 0 Å². The Morgan fingerprint density at radius 2 is 2.10 bits per heavy atom. The Bertz CT molecular complexity index is 503. The number of carbonyl (C=O) groups is 1. The summed E-state index contributed by atoms with van der Waals surface area (Å²) in [6.45, 7) is 6.35. The number of aryl methyl sites for hydroxylation is 1. The molecule has 0 aliphatic carbocycles.